The van der Waals surface area contributed by atoms with E-state index in [1.807, 2.05) is 0 Å². The van der Waals surface area contributed by atoms with Gasteiger partial charge in [0.2, 0.25) is 0 Å². The number of Topliss-reactive ketones (excluding diaryl/α,β-unsaturated/α-hetero) is 1. The van der Waals surface area contributed by atoms with Crippen LogP contribution in [0.4, 0.5) is 4.79 Å². The second-order valence-electron chi connectivity index (χ2n) is 4.93. The second kappa shape index (κ2) is 4.49. The Bertz CT molecular complexity index is 352. The van der Waals surface area contributed by atoms with Crippen LogP contribution in [0.25, 0.3) is 0 Å². The Morgan fingerprint density at radius 3 is 2.59 bits per heavy atom. The Balaban J connectivity index is 1.97. The molecule has 2 atom stereocenters. The van der Waals surface area contributed by atoms with Crippen molar-refractivity contribution in [2.75, 3.05) is 6.61 Å². The summed E-state index contributed by atoms with van der Waals surface area (Å²) in [4.78, 5) is 22.8. The van der Waals surface area contributed by atoms with Crippen molar-refractivity contribution in [3.63, 3.8) is 0 Å². The summed E-state index contributed by atoms with van der Waals surface area (Å²) in [6.07, 6.45) is 5.38. The fourth-order valence-corrected chi connectivity index (χ4v) is 2.20. The fraction of sp³-hybridized carbons (Fsp3) is 0.667. The van der Waals surface area contributed by atoms with Gasteiger partial charge in [-0.05, 0) is 32.1 Å². The van der Waals surface area contributed by atoms with E-state index in [0.29, 0.717) is 18.9 Å². The van der Waals surface area contributed by atoms with Gasteiger partial charge in [-0.2, -0.15) is 0 Å². The zero-order valence-corrected chi connectivity index (χ0v) is 9.81. The van der Waals surface area contributed by atoms with E-state index in [1.54, 1.807) is 6.92 Å². The molecule has 1 amide bonds. The third-order valence-electron chi connectivity index (χ3n) is 3.39. The van der Waals surface area contributed by atoms with Gasteiger partial charge in [-0.3, -0.25) is 4.79 Å². The van der Waals surface area contributed by atoms with Crippen molar-refractivity contribution in [1.82, 2.24) is 5.32 Å². The molecule has 0 bridgehead atoms. The van der Waals surface area contributed by atoms with Gasteiger partial charge in [0.15, 0.2) is 5.78 Å². The average molecular weight is 239 g/mol. The number of carboxylic acid groups (broad SMARTS) is 1. The van der Waals surface area contributed by atoms with E-state index >= 15 is 0 Å². The van der Waals surface area contributed by atoms with Crippen LogP contribution in [0.1, 0.15) is 26.2 Å². The predicted molar refractivity (Wildman–Crippen MR) is 60.8 cm³/mol. The van der Waals surface area contributed by atoms with Gasteiger partial charge in [-0.1, -0.05) is 12.2 Å². The van der Waals surface area contributed by atoms with E-state index in [4.69, 9.17) is 9.84 Å². The maximum Gasteiger partial charge on any atom is 0.405 e. The molecule has 5 nitrogen and oxygen atoms in total. The van der Waals surface area contributed by atoms with Crippen molar-refractivity contribution in [2.45, 2.75) is 37.8 Å². The summed E-state index contributed by atoms with van der Waals surface area (Å²) in [6, 6.07) is -0.648. The van der Waals surface area contributed by atoms with Crippen LogP contribution in [-0.4, -0.2) is 35.2 Å². The van der Waals surface area contributed by atoms with E-state index in [9.17, 15) is 9.59 Å². The lowest BCUT2D eigenvalue weighted by molar-refractivity contribution is -0.125. The van der Waals surface area contributed by atoms with E-state index in [2.05, 4.69) is 17.5 Å². The zero-order chi connectivity index (χ0) is 12.5. The molecule has 1 fully saturated rings. The van der Waals surface area contributed by atoms with Gasteiger partial charge < -0.3 is 15.2 Å². The molecule has 0 aromatic carbocycles. The van der Waals surface area contributed by atoms with Crippen molar-refractivity contribution < 1.29 is 19.4 Å². The van der Waals surface area contributed by atoms with Gasteiger partial charge in [0, 0.05) is 0 Å². The molecule has 94 valence electrons. The maximum atomic E-state index is 12.1. The minimum Gasteiger partial charge on any atom is -0.465 e. The Morgan fingerprint density at radius 2 is 2.12 bits per heavy atom. The van der Waals surface area contributed by atoms with Crippen LogP contribution < -0.4 is 5.32 Å². The Kier molecular flexibility index (Phi) is 3.19. The van der Waals surface area contributed by atoms with Crippen LogP contribution in [0.2, 0.25) is 0 Å². The number of amides is 1. The Labute approximate surface area is 99.8 Å². The summed E-state index contributed by atoms with van der Waals surface area (Å²) in [5.74, 6) is 0.213. The fourth-order valence-electron chi connectivity index (χ4n) is 2.20. The van der Waals surface area contributed by atoms with Crippen molar-refractivity contribution in [3.05, 3.63) is 12.2 Å². The molecule has 1 heterocycles. The van der Waals surface area contributed by atoms with Gasteiger partial charge in [0.25, 0.3) is 0 Å². The summed E-state index contributed by atoms with van der Waals surface area (Å²) < 4.78 is 5.09. The van der Waals surface area contributed by atoms with Crippen molar-refractivity contribution in [2.24, 2.45) is 5.92 Å². The number of hydrogen-bond acceptors (Lipinski definition) is 3. The standard InChI is InChI=1S/C12H17NO4/c1-12(7-17-12)10(14)9(13-11(15)16)6-8-4-2-3-5-8/h2-3,8-9,13H,4-7H2,1H3,(H,15,16)/t9-,12-/m1/s1. The number of hydrogen-bond donors (Lipinski definition) is 2. The van der Waals surface area contributed by atoms with Gasteiger partial charge >= 0.3 is 6.09 Å². The number of epoxide rings is 1. The minimum absolute atomic E-state index is 0.146. The summed E-state index contributed by atoms with van der Waals surface area (Å²) in [6.45, 7) is 2.10. The molecule has 2 N–H and O–H groups in total. The first-order valence-electron chi connectivity index (χ1n) is 5.84. The normalized spacial score (nSPS) is 29.0. The highest BCUT2D eigenvalue weighted by atomic mass is 16.6. The molecular formula is C12H17NO4. The summed E-state index contributed by atoms with van der Waals surface area (Å²) in [5.41, 5.74) is -0.765. The smallest absolute Gasteiger partial charge is 0.405 e. The molecule has 0 saturated carbocycles. The van der Waals surface area contributed by atoms with E-state index in [-0.39, 0.29) is 5.78 Å². The number of nitrogens with one attached hydrogen (secondary N) is 1. The first-order valence-corrected chi connectivity index (χ1v) is 5.84. The number of ether oxygens (including phenoxy) is 1. The van der Waals surface area contributed by atoms with Gasteiger partial charge in [-0.15, -0.1) is 0 Å². The van der Waals surface area contributed by atoms with Crippen LogP contribution in [0.5, 0.6) is 0 Å². The lowest BCUT2D eigenvalue weighted by Crippen LogP contribution is -2.46. The molecular weight excluding hydrogens is 222 g/mol. The minimum atomic E-state index is -1.15. The molecule has 5 heteroatoms. The monoisotopic (exact) mass is 239 g/mol. The number of ketones is 1. The van der Waals surface area contributed by atoms with Crippen molar-refractivity contribution in [1.29, 1.82) is 0 Å². The lowest BCUT2D eigenvalue weighted by atomic mass is 9.91. The van der Waals surface area contributed by atoms with E-state index in [1.165, 1.54) is 0 Å². The third kappa shape index (κ3) is 2.85. The molecule has 0 spiro atoms. The molecule has 1 aliphatic heterocycles. The Morgan fingerprint density at radius 1 is 1.53 bits per heavy atom. The molecule has 17 heavy (non-hydrogen) atoms. The molecule has 0 aromatic heterocycles. The third-order valence-corrected chi connectivity index (χ3v) is 3.39. The molecule has 0 radical (unpaired) electrons. The van der Waals surface area contributed by atoms with Gasteiger partial charge in [0.1, 0.15) is 5.60 Å². The molecule has 1 saturated heterocycles. The van der Waals surface area contributed by atoms with Crippen LogP contribution in [-0.2, 0) is 9.53 Å². The highest BCUT2D eigenvalue weighted by molar-refractivity contribution is 5.95. The topological polar surface area (TPSA) is 78.9 Å². The first-order chi connectivity index (χ1) is 8.01. The van der Waals surface area contributed by atoms with Crippen molar-refractivity contribution >= 4 is 11.9 Å². The zero-order valence-electron chi connectivity index (χ0n) is 9.81. The summed E-state index contributed by atoms with van der Waals surface area (Å²) in [5, 5.41) is 11.1. The predicted octanol–water partition coefficient (Wildman–Crippen LogP) is 1.34. The second-order valence-corrected chi connectivity index (χ2v) is 4.93. The average Bonchev–Trinajstić information content (AvgIpc) is 2.80. The van der Waals surface area contributed by atoms with E-state index in [0.717, 1.165) is 12.8 Å². The molecule has 2 aliphatic rings. The maximum absolute atomic E-state index is 12.1. The van der Waals surface area contributed by atoms with Gasteiger partial charge in [0.05, 0.1) is 12.6 Å². The molecule has 0 aromatic rings. The van der Waals surface area contributed by atoms with Crippen LogP contribution in [0, 0.1) is 5.92 Å². The van der Waals surface area contributed by atoms with E-state index < -0.39 is 17.7 Å². The van der Waals surface area contributed by atoms with Crippen LogP contribution in [0.15, 0.2) is 12.2 Å². The Hall–Kier alpha value is -1.36. The SMILES string of the molecule is C[C@]1(C(=O)[C@@H](CC2CC=CC2)NC(=O)O)CO1. The van der Waals surface area contributed by atoms with Gasteiger partial charge in [-0.25, -0.2) is 4.79 Å². The number of carbonyl (C=O) groups is 2. The highest BCUT2D eigenvalue weighted by Gasteiger charge is 2.50. The molecule has 0 unspecified atom stereocenters. The number of rotatable bonds is 5. The van der Waals surface area contributed by atoms with Crippen molar-refractivity contribution in [3.8, 4) is 0 Å². The molecule has 1 aliphatic carbocycles. The first kappa shape index (κ1) is 12.1. The largest absolute Gasteiger partial charge is 0.465 e. The number of allylic oxidation sites excluding steroid dienone is 2. The summed E-state index contributed by atoms with van der Waals surface area (Å²) in [7, 11) is 0. The highest BCUT2D eigenvalue weighted by Crippen LogP contribution is 2.31. The number of carbonyl (C=O) groups excluding carboxylic acids is 1. The summed E-state index contributed by atoms with van der Waals surface area (Å²) >= 11 is 0. The lowest BCUT2D eigenvalue weighted by Gasteiger charge is -2.21. The quantitative estimate of drug-likeness (QED) is 0.560. The van der Waals surface area contributed by atoms with Crippen LogP contribution >= 0.6 is 0 Å². The van der Waals surface area contributed by atoms with Crippen LogP contribution in [0.3, 0.4) is 0 Å². The molecule has 2 rings (SSSR count).